The molecule has 0 radical (unpaired) electrons. The molecule has 2 unspecified atom stereocenters. The van der Waals surface area contributed by atoms with Crippen LogP contribution in [0.5, 0.6) is 11.8 Å². The molecule has 4 aromatic rings. The Morgan fingerprint density at radius 2 is 1.61 bits per heavy atom. The molecule has 66 heavy (non-hydrogen) atoms. The van der Waals surface area contributed by atoms with E-state index in [0.29, 0.717) is 25.8 Å². The number of hydrogen-bond acceptors (Lipinski definition) is 8. The van der Waals surface area contributed by atoms with Crippen molar-refractivity contribution in [2.75, 3.05) is 44.8 Å². The van der Waals surface area contributed by atoms with Gasteiger partial charge in [-0.1, -0.05) is 53.5 Å². The highest BCUT2D eigenvalue weighted by molar-refractivity contribution is 6.90. The maximum absolute atomic E-state index is 18.0. The number of benzene rings is 3. The maximum Gasteiger partial charge on any atom is 0.410 e. The normalized spacial score (nSPS) is 22.3. The monoisotopic (exact) mass is 937 g/mol. The largest absolute Gasteiger partial charge is 0.493 e. The van der Waals surface area contributed by atoms with Gasteiger partial charge in [-0.2, -0.15) is 9.97 Å². The molecule has 4 saturated heterocycles. The lowest BCUT2D eigenvalue weighted by molar-refractivity contribution is 0.0122. The number of halogens is 6. The second-order valence-corrected chi connectivity index (χ2v) is 26.2. The Kier molecular flexibility index (Phi) is 12.8. The average molecular weight is 938 g/mol. The van der Waals surface area contributed by atoms with Gasteiger partial charge in [0.05, 0.1) is 41.2 Å². The number of aromatic nitrogens is 2. The van der Waals surface area contributed by atoms with Crippen LogP contribution in [0.2, 0.25) is 16.6 Å². The van der Waals surface area contributed by atoms with Crippen molar-refractivity contribution in [3.8, 4) is 34.4 Å². The molecule has 4 aliphatic heterocycles. The van der Waals surface area contributed by atoms with Crippen LogP contribution in [0.3, 0.4) is 0 Å². The van der Waals surface area contributed by atoms with Crippen LogP contribution in [0.25, 0.3) is 32.8 Å². The van der Waals surface area contributed by atoms with Crippen LogP contribution in [0.15, 0.2) is 24.3 Å². The van der Waals surface area contributed by atoms with E-state index in [1.807, 2.05) is 4.90 Å². The number of ether oxygens (including phenoxy) is 3. The molecule has 0 N–H and O–H groups in total. The zero-order chi connectivity index (χ0) is 47.8. The minimum absolute atomic E-state index is 0.000835. The third-order valence-corrected chi connectivity index (χ3v) is 20.9. The van der Waals surface area contributed by atoms with Crippen molar-refractivity contribution in [1.29, 1.82) is 0 Å². The molecule has 0 saturated carbocycles. The highest BCUT2D eigenvalue weighted by Crippen LogP contribution is 2.48. The summed E-state index contributed by atoms with van der Waals surface area (Å²) in [5.41, 5.74) is 0.403. The lowest BCUT2D eigenvalue weighted by atomic mass is 9.90. The molecule has 4 atom stereocenters. The van der Waals surface area contributed by atoms with E-state index in [9.17, 15) is 18.0 Å². The minimum Gasteiger partial charge on any atom is -0.493 e. The van der Waals surface area contributed by atoms with Gasteiger partial charge in [-0.3, -0.25) is 9.80 Å². The lowest BCUT2D eigenvalue weighted by Crippen LogP contribution is -2.57. The van der Waals surface area contributed by atoms with Gasteiger partial charge in [-0.15, -0.1) is 5.54 Å². The molecular weight excluding hydrogens is 877 g/mol. The van der Waals surface area contributed by atoms with Gasteiger partial charge in [-0.25, -0.2) is 31.1 Å². The molecule has 0 spiro atoms. The van der Waals surface area contributed by atoms with Crippen molar-refractivity contribution in [3.63, 3.8) is 0 Å². The van der Waals surface area contributed by atoms with Crippen LogP contribution in [0, 0.1) is 28.9 Å². The summed E-state index contributed by atoms with van der Waals surface area (Å²) in [5.74, 6) is -0.500. The summed E-state index contributed by atoms with van der Waals surface area (Å²) in [6.07, 6.45) is -1.53. The fourth-order valence-corrected chi connectivity index (χ4v) is 17.0. The molecule has 8 rings (SSSR count). The SMILES string of the molecule is COc1c(F)c(-c2cc(C(F)F)cc3ccc(F)c(C#C[Si](C(C)C)(C(C)C)C(C)C)c23)c(F)c2nc(OC[C@@]34CCCN3C[C@H](F)C4)nc(N3CC4CCC(C3)N4C(=O)OC(C)(C)C)c12. The third kappa shape index (κ3) is 8.23. The van der Waals surface area contributed by atoms with Crippen molar-refractivity contribution in [1.82, 2.24) is 19.8 Å². The molecule has 3 aromatic carbocycles. The van der Waals surface area contributed by atoms with E-state index in [-0.39, 0.29) is 100 Å². The van der Waals surface area contributed by atoms with E-state index in [4.69, 9.17) is 19.2 Å². The van der Waals surface area contributed by atoms with Crippen LogP contribution in [0.4, 0.5) is 37.0 Å². The van der Waals surface area contributed by atoms with Crippen molar-refractivity contribution >= 4 is 41.7 Å². The Morgan fingerprint density at radius 1 is 0.939 bits per heavy atom. The zero-order valence-electron chi connectivity index (χ0n) is 39.6. The molecular formula is C50H61F6N5O4Si. The summed E-state index contributed by atoms with van der Waals surface area (Å²) >= 11 is 0. The number of rotatable bonds is 10. The van der Waals surface area contributed by atoms with Gasteiger partial charge in [0.2, 0.25) is 0 Å². The fourth-order valence-electron chi connectivity index (χ4n) is 11.8. The van der Waals surface area contributed by atoms with Gasteiger partial charge >= 0.3 is 12.1 Å². The molecule has 9 nitrogen and oxygen atoms in total. The Balaban J connectivity index is 1.36. The van der Waals surface area contributed by atoms with Crippen molar-refractivity contribution in [2.45, 2.75) is 147 Å². The number of piperazine rings is 1. The van der Waals surface area contributed by atoms with Gasteiger partial charge < -0.3 is 19.1 Å². The summed E-state index contributed by atoms with van der Waals surface area (Å²) < 4.78 is 114. The first kappa shape index (κ1) is 47.7. The van der Waals surface area contributed by atoms with Crippen molar-refractivity contribution in [3.05, 3.63) is 52.8 Å². The number of hydrogen-bond donors (Lipinski definition) is 0. The van der Waals surface area contributed by atoms with Crippen LogP contribution >= 0.6 is 0 Å². The number of carbonyl (C=O) groups is 1. The van der Waals surface area contributed by atoms with E-state index >= 15 is 13.2 Å². The molecule has 1 aromatic heterocycles. The first-order chi connectivity index (χ1) is 31.1. The van der Waals surface area contributed by atoms with Crippen LogP contribution in [0.1, 0.15) is 112 Å². The summed E-state index contributed by atoms with van der Waals surface area (Å²) in [4.78, 5) is 28.5. The molecule has 16 heteroatoms. The number of alkyl halides is 3. The average Bonchev–Trinajstić information content (AvgIpc) is 3.86. The Morgan fingerprint density at radius 3 is 2.21 bits per heavy atom. The number of methoxy groups -OCH3 is 1. The molecule has 0 aliphatic carbocycles. The van der Waals surface area contributed by atoms with E-state index in [0.717, 1.165) is 18.6 Å². The van der Waals surface area contributed by atoms with E-state index in [1.165, 1.54) is 19.2 Å². The highest BCUT2D eigenvalue weighted by atomic mass is 28.3. The predicted molar refractivity (Wildman–Crippen MR) is 247 cm³/mol. The van der Waals surface area contributed by atoms with Crippen molar-refractivity contribution < 1.29 is 45.3 Å². The first-order valence-electron chi connectivity index (χ1n) is 23.2. The number of carbonyl (C=O) groups excluding carboxylic acids is 1. The van der Waals surface area contributed by atoms with Gasteiger partial charge in [0, 0.05) is 37.0 Å². The summed E-state index contributed by atoms with van der Waals surface area (Å²) in [7, 11) is -1.30. The van der Waals surface area contributed by atoms with E-state index in [1.54, 1.807) is 25.7 Å². The fraction of sp³-hybridized carbons (Fsp3) is 0.580. The van der Waals surface area contributed by atoms with Gasteiger partial charge in [0.1, 0.15) is 43.6 Å². The smallest absolute Gasteiger partial charge is 0.410 e. The number of anilines is 1. The lowest BCUT2D eigenvalue weighted by Gasteiger charge is -2.42. The maximum atomic E-state index is 18.0. The van der Waals surface area contributed by atoms with E-state index < -0.39 is 77.7 Å². The first-order valence-corrected chi connectivity index (χ1v) is 25.5. The molecule has 356 valence electrons. The summed E-state index contributed by atoms with van der Waals surface area (Å²) in [5, 5.41) is -0.0550. The van der Waals surface area contributed by atoms with E-state index in [2.05, 4.69) is 62.9 Å². The third-order valence-electron chi connectivity index (χ3n) is 14.6. The second kappa shape index (κ2) is 17.7. The number of nitrogens with zero attached hydrogens (tertiary/aromatic N) is 5. The topological polar surface area (TPSA) is 80.3 Å². The van der Waals surface area contributed by atoms with Crippen molar-refractivity contribution in [2.24, 2.45) is 0 Å². The molecule has 4 fully saturated rings. The van der Waals surface area contributed by atoms with Gasteiger partial charge in [0.25, 0.3) is 6.43 Å². The van der Waals surface area contributed by atoms with Crippen LogP contribution < -0.4 is 14.4 Å². The number of fused-ring (bicyclic) bond motifs is 5. The Hall–Kier alpha value is -4.75. The van der Waals surface area contributed by atoms with Gasteiger partial charge in [-0.05, 0) is 98.8 Å². The second-order valence-electron chi connectivity index (χ2n) is 20.7. The number of amides is 1. The summed E-state index contributed by atoms with van der Waals surface area (Å²) in [6, 6.07) is 3.70. The zero-order valence-corrected chi connectivity index (χ0v) is 40.6. The highest BCUT2D eigenvalue weighted by Gasteiger charge is 2.50. The minimum atomic E-state index is -3.05. The Bertz CT molecular complexity index is 2580. The van der Waals surface area contributed by atoms with Gasteiger partial charge in [0.15, 0.2) is 17.4 Å². The molecule has 5 heterocycles. The Labute approximate surface area is 384 Å². The molecule has 2 bridgehead atoms. The van der Waals surface area contributed by atoms with Crippen LogP contribution in [-0.2, 0) is 4.74 Å². The molecule has 4 aliphatic rings. The summed E-state index contributed by atoms with van der Waals surface area (Å²) in [6.45, 7) is 19.4. The quantitative estimate of drug-likeness (QED) is 0.0884. The standard InChI is InChI=1S/C50H61F6N5O4Si/c1-27(2)66(28(3)4,29(5)6)19-16-35-37(52)15-12-30-20-31(45(55)56)21-36(38(30)35)39-41(53)43-40(44(63-10)42(39)54)46(58-47(57-43)64-26-50-17-11-18-60(50)23-32(51)22-50)59-24-33-13-14-34(25-59)61(33)48(62)65-49(7,8)9/h12,15,20-21,27-29,32-34,45H,11,13-14,17-18,22-26H2,1-10H3/t32-,33?,34?,50+/m1/s1. The molecule has 1 amide bonds. The van der Waals surface area contributed by atoms with Crippen LogP contribution in [-0.4, -0.2) is 103 Å². The predicted octanol–water partition coefficient (Wildman–Crippen LogP) is 11.9.